The Morgan fingerprint density at radius 2 is 0.691 bits per heavy atom. The number of carboxylic acid groups (broad SMARTS) is 2. The van der Waals surface area contributed by atoms with Crippen LogP contribution in [0.1, 0.15) is 241 Å². The summed E-state index contributed by atoms with van der Waals surface area (Å²) in [7, 11) is 2.63. The maximum Gasteiger partial charge on any atom is 0.354 e. The molecular formula is C78H98Cl3N3O13. The number of halogens is 3. The maximum atomic E-state index is 13.5. The summed E-state index contributed by atoms with van der Waals surface area (Å²) in [5.41, 5.74) is 8.12. The van der Waals surface area contributed by atoms with Gasteiger partial charge in [0.05, 0.1) is 31.0 Å². The van der Waals surface area contributed by atoms with E-state index in [1.54, 1.807) is 69.3 Å². The van der Waals surface area contributed by atoms with Gasteiger partial charge >= 0.3 is 23.9 Å². The van der Waals surface area contributed by atoms with Crippen LogP contribution < -0.4 is 0 Å². The second kappa shape index (κ2) is 33.8. The molecule has 97 heavy (non-hydrogen) atoms. The predicted molar refractivity (Wildman–Crippen MR) is 382 cm³/mol. The smallest absolute Gasteiger partial charge is 0.354 e. The number of hydrogen-bond donors (Lipinski definition) is 2. The zero-order chi connectivity index (χ0) is 72.3. The van der Waals surface area contributed by atoms with Gasteiger partial charge in [-0.2, -0.15) is 0 Å². The van der Waals surface area contributed by atoms with E-state index in [-0.39, 0.29) is 17.3 Å². The molecule has 0 unspecified atom stereocenters. The lowest BCUT2D eigenvalue weighted by Crippen LogP contribution is -2.30. The summed E-state index contributed by atoms with van der Waals surface area (Å²) >= 11 is 18.3. The van der Waals surface area contributed by atoms with Crippen molar-refractivity contribution in [3.8, 4) is 33.4 Å². The Balaban J connectivity index is 0.000000231. The molecule has 2 saturated carbocycles. The van der Waals surface area contributed by atoms with Crippen molar-refractivity contribution >= 4 is 70.2 Å². The molecule has 0 amide bonds. The number of hydrogen-bond acceptors (Lipinski definition) is 14. The molecule has 2 fully saturated rings. The molecular weight excluding hydrogens is 1290 g/mol. The molecule has 0 bridgehead atoms. The number of pyridine rings is 3. The van der Waals surface area contributed by atoms with Crippen LogP contribution in [0.5, 0.6) is 0 Å². The first-order chi connectivity index (χ1) is 45.2. The summed E-state index contributed by atoms with van der Waals surface area (Å²) in [6.45, 7) is 31.8. The van der Waals surface area contributed by atoms with Gasteiger partial charge in [-0.1, -0.05) is 111 Å². The van der Waals surface area contributed by atoms with Gasteiger partial charge in [0.25, 0.3) is 0 Å². The number of esters is 2. The van der Waals surface area contributed by atoms with E-state index in [0.717, 1.165) is 72.6 Å². The van der Waals surface area contributed by atoms with Crippen molar-refractivity contribution in [2.75, 3.05) is 14.2 Å². The van der Waals surface area contributed by atoms with Crippen molar-refractivity contribution in [3.63, 3.8) is 0 Å². The van der Waals surface area contributed by atoms with Crippen LogP contribution in [0, 0.1) is 65.2 Å². The van der Waals surface area contributed by atoms with E-state index in [2.05, 4.69) is 23.8 Å². The molecule has 2 aliphatic carbocycles. The quantitative estimate of drug-likeness (QED) is 0.0567. The highest BCUT2D eigenvalue weighted by Gasteiger charge is 2.38. The zero-order valence-electron chi connectivity index (χ0n) is 59.9. The van der Waals surface area contributed by atoms with Gasteiger partial charge in [0.2, 0.25) is 0 Å². The van der Waals surface area contributed by atoms with E-state index in [1.165, 1.54) is 27.1 Å². The Morgan fingerprint density at radius 1 is 0.433 bits per heavy atom. The summed E-state index contributed by atoms with van der Waals surface area (Å²) in [4.78, 5) is 90.2. The lowest BCUT2D eigenvalue weighted by molar-refractivity contribution is -0.164. The van der Waals surface area contributed by atoms with Crippen molar-refractivity contribution in [2.24, 2.45) is 23.7 Å². The molecule has 8 rings (SSSR count). The molecule has 19 heteroatoms. The molecule has 16 nitrogen and oxygen atoms in total. The van der Waals surface area contributed by atoms with Crippen molar-refractivity contribution in [1.29, 1.82) is 0 Å². The van der Waals surface area contributed by atoms with Crippen LogP contribution in [-0.2, 0) is 38.1 Å². The van der Waals surface area contributed by atoms with E-state index in [1.807, 2.05) is 107 Å². The van der Waals surface area contributed by atoms with Crippen LogP contribution in [0.3, 0.4) is 0 Å². The number of nitrogens with zero attached hydrogens (tertiary/aromatic N) is 3. The number of aryl methyl sites for hydroxylation is 3. The van der Waals surface area contributed by atoms with Crippen LogP contribution in [0.2, 0.25) is 15.1 Å². The summed E-state index contributed by atoms with van der Waals surface area (Å²) in [6.07, 6.45) is 6.64. The molecule has 6 aromatic rings. The van der Waals surface area contributed by atoms with Gasteiger partial charge in [-0.05, 0) is 240 Å². The summed E-state index contributed by atoms with van der Waals surface area (Å²) in [5, 5.41) is 21.4. The van der Waals surface area contributed by atoms with Crippen LogP contribution in [0.4, 0.5) is 0 Å². The van der Waals surface area contributed by atoms with Crippen molar-refractivity contribution in [1.82, 2.24) is 15.0 Å². The van der Waals surface area contributed by atoms with Gasteiger partial charge in [0, 0.05) is 61.7 Å². The maximum absolute atomic E-state index is 13.5. The molecule has 0 radical (unpaired) electrons. The van der Waals surface area contributed by atoms with Gasteiger partial charge in [-0.3, -0.25) is 9.59 Å². The Hall–Kier alpha value is -6.92. The highest BCUT2D eigenvalue weighted by molar-refractivity contribution is 6.31. The third-order valence-electron chi connectivity index (χ3n) is 17.6. The fourth-order valence-electron chi connectivity index (χ4n) is 12.9. The van der Waals surface area contributed by atoms with E-state index in [9.17, 15) is 39.0 Å². The number of aliphatic carboxylic acids is 1. The molecule has 0 saturated heterocycles. The normalized spacial score (nSPS) is 17.5. The minimum Gasteiger partial charge on any atom is -0.479 e. The molecule has 2 aliphatic rings. The van der Waals surface area contributed by atoms with Crippen LogP contribution in [0.15, 0.2) is 72.8 Å². The Morgan fingerprint density at radius 3 is 0.948 bits per heavy atom. The average Bonchev–Trinajstić information content (AvgIpc) is 0.777. The number of Topliss-reactive ketones (excluding diaryl/α,β-unsaturated/α-hetero) is 2. The number of aromatic carboxylic acids is 1. The minimum absolute atomic E-state index is 0.0190. The summed E-state index contributed by atoms with van der Waals surface area (Å²) in [6, 6.07) is 21.6. The average molecular weight is 1390 g/mol. The predicted octanol–water partition coefficient (Wildman–Crippen LogP) is 19.6. The number of carboxylic acids is 2. The largest absolute Gasteiger partial charge is 0.479 e. The number of ether oxygens (including phenoxy) is 5. The Bertz CT molecular complexity index is 3800. The van der Waals surface area contributed by atoms with E-state index < -0.39 is 59.0 Å². The molecule has 0 aliphatic heterocycles. The first-order valence-electron chi connectivity index (χ1n) is 33.3. The van der Waals surface area contributed by atoms with Crippen LogP contribution >= 0.6 is 34.8 Å². The van der Waals surface area contributed by atoms with Crippen LogP contribution in [-0.4, -0.2) is 91.6 Å². The van der Waals surface area contributed by atoms with Gasteiger partial charge in [-0.25, -0.2) is 34.1 Å². The number of aromatic nitrogens is 3. The number of carbonyl (C=O) groups excluding carboxylic acids is 4. The topological polar surface area (TPSA) is 228 Å². The zero-order valence-corrected chi connectivity index (χ0v) is 62.2. The second-order valence-corrected chi connectivity index (χ2v) is 30.2. The van der Waals surface area contributed by atoms with Crippen LogP contribution in [0.25, 0.3) is 33.4 Å². The van der Waals surface area contributed by atoms with Crippen molar-refractivity contribution < 1.29 is 62.7 Å². The molecule has 3 aromatic carbocycles. The minimum atomic E-state index is -1.22. The van der Waals surface area contributed by atoms with Gasteiger partial charge in [0.15, 0.2) is 35.6 Å². The fourth-order valence-corrected chi connectivity index (χ4v) is 13.2. The Labute approximate surface area is 588 Å². The van der Waals surface area contributed by atoms with Gasteiger partial charge in [-0.15, -0.1) is 0 Å². The molecule has 3 heterocycles. The third kappa shape index (κ3) is 21.3. The first kappa shape index (κ1) is 79.1. The Kier molecular flexibility index (Phi) is 27.5. The second-order valence-electron chi connectivity index (χ2n) is 28.9. The number of methoxy groups -OCH3 is 2. The fraction of sp³-hybridized carbons (Fsp3) is 0.500. The third-order valence-corrected chi connectivity index (χ3v) is 18.4. The number of ketones is 2. The SMILES string of the molecule is COC(=O)[C@@H](OC(C)(C)C)c1c(C)nc(C(=O)CC2CCC(C)CC2)c(C)c1-c1ccc(Cl)cc1.COC(=O)[C@@H](OC(C)(C)C)c1c(C)nc(C(=O)O)c(C)c1-c1ccc(Cl)cc1.Cc1nc(C(=O)CC2CCC(C)CC2)c(C)c(-c2ccc(Cl)cc2)c1[C@H](OC(C)(C)C)C(=O)O. The molecule has 3 aromatic heterocycles. The lowest BCUT2D eigenvalue weighted by Gasteiger charge is -2.30. The van der Waals surface area contributed by atoms with Crippen molar-refractivity contribution in [2.45, 2.75) is 217 Å². The standard InChI is InChI=1S/C29H38ClNO4.C28H36ClNO4.C21H24ClNO5/c1-17-8-10-20(11-9-17)16-23(32)26-18(2)24(21-12-14-22(30)15-13-21)25(19(3)31-26)27(28(33)34-7)35-29(4,5)6;1-16-7-9-19(10-8-16)15-22(31)25-17(2)23(20-11-13-21(29)14-12-20)24(18(3)30-25)26(27(32)33)34-28(4,5)6;1-11-15(13-7-9-14(22)10-8-13)16(12(2)23-17(11)19(24)25)18(20(26)27-6)28-21(3,4)5/h12-15,17,20,27H,8-11,16H2,1-7H3;11-14,16,19,26H,7-10,15H2,1-6H3,(H,32,33);7-10,18H,1-6H3,(H,24,25)/t17?,20?,27-;16?,19?,26-;18-/m000/s1. The molecule has 524 valence electrons. The summed E-state index contributed by atoms with van der Waals surface area (Å²) < 4.78 is 28.3. The van der Waals surface area contributed by atoms with E-state index in [0.29, 0.717) is 113 Å². The monoisotopic (exact) mass is 1390 g/mol. The van der Waals surface area contributed by atoms with E-state index in [4.69, 9.17) is 63.5 Å². The van der Waals surface area contributed by atoms with Crippen molar-refractivity contribution in [3.05, 3.63) is 155 Å². The summed E-state index contributed by atoms with van der Waals surface area (Å²) in [5.74, 6) is -1.03. The molecule has 3 atom stereocenters. The lowest BCUT2D eigenvalue weighted by atomic mass is 9.80. The molecule has 0 spiro atoms. The highest BCUT2D eigenvalue weighted by Crippen LogP contribution is 2.44. The van der Waals surface area contributed by atoms with E-state index >= 15 is 0 Å². The molecule has 2 N–H and O–H groups in total. The first-order valence-corrected chi connectivity index (χ1v) is 34.4. The number of benzene rings is 3. The van der Waals surface area contributed by atoms with Gasteiger partial charge in [0.1, 0.15) is 11.4 Å². The van der Waals surface area contributed by atoms with Gasteiger partial charge < -0.3 is 33.9 Å². The number of rotatable bonds is 19. The number of carbonyl (C=O) groups is 6. The highest BCUT2D eigenvalue weighted by atomic mass is 35.5.